The highest BCUT2D eigenvalue weighted by Gasteiger charge is 2.14. The molecule has 1 saturated heterocycles. The van der Waals surface area contributed by atoms with Gasteiger partial charge < -0.3 is 14.8 Å². The zero-order valence-corrected chi connectivity index (χ0v) is 7.84. The average molecular weight is 173 g/mol. The summed E-state index contributed by atoms with van der Waals surface area (Å²) in [6.45, 7) is 3.53. The zero-order valence-electron chi connectivity index (χ0n) is 7.84. The van der Waals surface area contributed by atoms with E-state index in [1.54, 1.807) is 0 Å². The second-order valence-corrected chi connectivity index (χ2v) is 3.14. The summed E-state index contributed by atoms with van der Waals surface area (Å²) in [4.78, 5) is 0. The third-order valence-corrected chi connectivity index (χ3v) is 2.10. The van der Waals surface area contributed by atoms with Crippen molar-refractivity contribution in [1.82, 2.24) is 5.32 Å². The number of hydrogen-bond acceptors (Lipinski definition) is 3. The van der Waals surface area contributed by atoms with Crippen LogP contribution in [0.2, 0.25) is 0 Å². The summed E-state index contributed by atoms with van der Waals surface area (Å²) < 4.78 is 10.9. The van der Waals surface area contributed by atoms with Gasteiger partial charge >= 0.3 is 0 Å². The molecule has 1 aliphatic rings. The average Bonchev–Trinajstić information content (AvgIpc) is 2.57. The summed E-state index contributed by atoms with van der Waals surface area (Å²) in [5.74, 6) is 0. The number of rotatable bonds is 6. The van der Waals surface area contributed by atoms with E-state index in [1.807, 2.05) is 7.05 Å². The van der Waals surface area contributed by atoms with Gasteiger partial charge in [-0.15, -0.1) is 0 Å². The van der Waals surface area contributed by atoms with Gasteiger partial charge in [0, 0.05) is 19.8 Å². The Morgan fingerprint density at radius 3 is 3.08 bits per heavy atom. The Morgan fingerprint density at radius 1 is 1.50 bits per heavy atom. The van der Waals surface area contributed by atoms with E-state index in [0.717, 1.165) is 32.8 Å². The predicted octanol–water partition coefficient (Wildman–Crippen LogP) is 0.791. The lowest BCUT2D eigenvalue weighted by Gasteiger charge is -2.08. The van der Waals surface area contributed by atoms with Crippen molar-refractivity contribution < 1.29 is 9.47 Å². The second-order valence-electron chi connectivity index (χ2n) is 3.14. The van der Waals surface area contributed by atoms with Gasteiger partial charge in [-0.3, -0.25) is 0 Å². The molecular weight excluding hydrogens is 154 g/mol. The lowest BCUT2D eigenvalue weighted by Crippen LogP contribution is -2.16. The van der Waals surface area contributed by atoms with E-state index in [9.17, 15) is 0 Å². The molecule has 1 heterocycles. The topological polar surface area (TPSA) is 30.5 Å². The van der Waals surface area contributed by atoms with Crippen LogP contribution in [0.15, 0.2) is 0 Å². The van der Waals surface area contributed by atoms with Gasteiger partial charge in [-0.25, -0.2) is 0 Å². The fourth-order valence-corrected chi connectivity index (χ4v) is 1.36. The molecule has 0 aromatic rings. The van der Waals surface area contributed by atoms with E-state index < -0.39 is 0 Å². The third kappa shape index (κ3) is 4.04. The van der Waals surface area contributed by atoms with Crippen LogP contribution in [0.3, 0.4) is 0 Å². The SMILES string of the molecule is CNCCOCCC1CCCO1. The molecule has 1 aliphatic heterocycles. The van der Waals surface area contributed by atoms with E-state index >= 15 is 0 Å². The quantitative estimate of drug-likeness (QED) is 0.602. The van der Waals surface area contributed by atoms with E-state index in [0.29, 0.717) is 6.10 Å². The van der Waals surface area contributed by atoms with Crippen molar-refractivity contribution in [3.63, 3.8) is 0 Å². The Labute approximate surface area is 74.4 Å². The number of ether oxygens (including phenoxy) is 2. The van der Waals surface area contributed by atoms with Crippen molar-refractivity contribution in [3.05, 3.63) is 0 Å². The summed E-state index contributed by atoms with van der Waals surface area (Å²) in [7, 11) is 1.93. The van der Waals surface area contributed by atoms with Gasteiger partial charge in [0.1, 0.15) is 0 Å². The first-order chi connectivity index (χ1) is 5.93. The van der Waals surface area contributed by atoms with Gasteiger partial charge in [-0.05, 0) is 26.3 Å². The molecule has 1 rings (SSSR count). The predicted molar refractivity (Wildman–Crippen MR) is 48.3 cm³/mol. The van der Waals surface area contributed by atoms with E-state index in [-0.39, 0.29) is 0 Å². The molecule has 3 nitrogen and oxygen atoms in total. The van der Waals surface area contributed by atoms with Gasteiger partial charge in [-0.2, -0.15) is 0 Å². The molecule has 3 heteroatoms. The van der Waals surface area contributed by atoms with Gasteiger partial charge in [0.15, 0.2) is 0 Å². The van der Waals surface area contributed by atoms with Crippen LogP contribution in [0.25, 0.3) is 0 Å². The van der Waals surface area contributed by atoms with E-state index in [4.69, 9.17) is 9.47 Å². The monoisotopic (exact) mass is 173 g/mol. The van der Waals surface area contributed by atoms with Crippen LogP contribution in [-0.2, 0) is 9.47 Å². The fraction of sp³-hybridized carbons (Fsp3) is 1.00. The minimum Gasteiger partial charge on any atom is -0.380 e. The first-order valence-corrected chi connectivity index (χ1v) is 4.77. The normalized spacial score (nSPS) is 23.2. The zero-order chi connectivity index (χ0) is 8.65. The standard InChI is InChI=1S/C9H19NO2/c1-10-5-8-11-7-4-9-3-2-6-12-9/h9-10H,2-8H2,1H3. The molecule has 72 valence electrons. The first-order valence-electron chi connectivity index (χ1n) is 4.77. The van der Waals surface area contributed by atoms with Crippen molar-refractivity contribution in [3.8, 4) is 0 Å². The van der Waals surface area contributed by atoms with E-state index in [1.165, 1.54) is 12.8 Å². The van der Waals surface area contributed by atoms with Gasteiger partial charge in [0.2, 0.25) is 0 Å². The van der Waals surface area contributed by atoms with Crippen LogP contribution in [0.1, 0.15) is 19.3 Å². The Morgan fingerprint density at radius 2 is 2.42 bits per heavy atom. The summed E-state index contributed by atoms with van der Waals surface area (Å²) in [5, 5.41) is 3.04. The van der Waals surface area contributed by atoms with Gasteiger partial charge in [0.05, 0.1) is 12.7 Å². The highest BCUT2D eigenvalue weighted by Crippen LogP contribution is 2.14. The van der Waals surface area contributed by atoms with Crippen molar-refractivity contribution in [2.75, 3.05) is 33.4 Å². The first kappa shape index (κ1) is 9.96. The summed E-state index contributed by atoms with van der Waals surface area (Å²) in [6.07, 6.45) is 3.97. The summed E-state index contributed by atoms with van der Waals surface area (Å²) in [5.41, 5.74) is 0. The maximum absolute atomic E-state index is 5.46. The molecule has 0 saturated carbocycles. The van der Waals surface area contributed by atoms with E-state index in [2.05, 4.69) is 5.32 Å². The Bertz CT molecular complexity index is 103. The maximum atomic E-state index is 5.46. The van der Waals surface area contributed by atoms with Crippen molar-refractivity contribution in [2.45, 2.75) is 25.4 Å². The van der Waals surface area contributed by atoms with Crippen LogP contribution >= 0.6 is 0 Å². The number of likely N-dealkylation sites (N-methyl/N-ethyl adjacent to an activating group) is 1. The fourth-order valence-electron chi connectivity index (χ4n) is 1.36. The number of hydrogen-bond donors (Lipinski definition) is 1. The van der Waals surface area contributed by atoms with Crippen molar-refractivity contribution >= 4 is 0 Å². The molecule has 0 aromatic carbocycles. The molecule has 12 heavy (non-hydrogen) atoms. The van der Waals surface area contributed by atoms with Gasteiger partial charge in [-0.1, -0.05) is 0 Å². The smallest absolute Gasteiger partial charge is 0.0597 e. The molecular formula is C9H19NO2. The minimum atomic E-state index is 0.472. The van der Waals surface area contributed by atoms with Gasteiger partial charge in [0.25, 0.3) is 0 Å². The lowest BCUT2D eigenvalue weighted by atomic mass is 10.2. The van der Waals surface area contributed by atoms with Crippen molar-refractivity contribution in [1.29, 1.82) is 0 Å². The van der Waals surface area contributed by atoms with Crippen molar-refractivity contribution in [2.24, 2.45) is 0 Å². The maximum Gasteiger partial charge on any atom is 0.0597 e. The molecule has 1 atom stereocenters. The largest absolute Gasteiger partial charge is 0.380 e. The third-order valence-electron chi connectivity index (χ3n) is 2.10. The van der Waals surface area contributed by atoms with Crippen LogP contribution < -0.4 is 5.32 Å². The summed E-state index contributed by atoms with van der Waals surface area (Å²) in [6, 6.07) is 0. The molecule has 0 amide bonds. The molecule has 1 fully saturated rings. The molecule has 1 unspecified atom stereocenters. The Balaban J connectivity index is 1.81. The number of nitrogens with one attached hydrogen (secondary N) is 1. The highest BCUT2D eigenvalue weighted by atomic mass is 16.5. The van der Waals surface area contributed by atoms with Crippen LogP contribution in [-0.4, -0.2) is 39.5 Å². The molecule has 0 bridgehead atoms. The molecule has 0 radical (unpaired) electrons. The summed E-state index contributed by atoms with van der Waals surface area (Å²) >= 11 is 0. The molecule has 0 aromatic heterocycles. The van der Waals surface area contributed by atoms with Crippen LogP contribution in [0.4, 0.5) is 0 Å². The second kappa shape index (κ2) is 6.40. The molecule has 0 aliphatic carbocycles. The highest BCUT2D eigenvalue weighted by molar-refractivity contribution is 4.63. The Kier molecular flexibility index (Phi) is 5.32. The van der Waals surface area contributed by atoms with Crippen LogP contribution in [0, 0.1) is 0 Å². The van der Waals surface area contributed by atoms with Crippen LogP contribution in [0.5, 0.6) is 0 Å². The Hall–Kier alpha value is -0.120. The molecule has 0 spiro atoms. The lowest BCUT2D eigenvalue weighted by molar-refractivity contribution is 0.0605. The molecule has 1 N–H and O–H groups in total. The minimum absolute atomic E-state index is 0.472.